The standard InChI is InChI=1S/C28H44FN/c1-2-3-4-5-7-10-24-13-17-26(18-14-24)21-22-27-19-15-25(16-20-27)11-8-6-9-12-28(29)23-30/h6,9,12,21-22,24-27H,2-5,7-8,10-11,13-20H2,1H3/t24-,25-,26-,27-. The molecule has 2 saturated carbocycles. The summed E-state index contributed by atoms with van der Waals surface area (Å²) < 4.78 is 12.7. The van der Waals surface area contributed by atoms with Gasteiger partial charge in [-0.15, -0.1) is 0 Å². The topological polar surface area (TPSA) is 23.8 Å². The van der Waals surface area contributed by atoms with E-state index in [0.29, 0.717) is 0 Å². The molecule has 0 aliphatic heterocycles. The van der Waals surface area contributed by atoms with Crippen molar-refractivity contribution in [3.63, 3.8) is 0 Å². The van der Waals surface area contributed by atoms with Gasteiger partial charge in [-0.05, 0) is 94.0 Å². The van der Waals surface area contributed by atoms with Crippen molar-refractivity contribution in [3.8, 4) is 6.07 Å². The summed E-state index contributed by atoms with van der Waals surface area (Å²) in [7, 11) is 0. The summed E-state index contributed by atoms with van der Waals surface area (Å²) in [5.74, 6) is 2.74. The van der Waals surface area contributed by atoms with Gasteiger partial charge in [0.05, 0.1) is 0 Å². The molecule has 1 nitrogen and oxygen atoms in total. The zero-order valence-electron chi connectivity index (χ0n) is 19.3. The maximum absolute atomic E-state index is 12.7. The Morgan fingerprint density at radius 2 is 1.40 bits per heavy atom. The van der Waals surface area contributed by atoms with E-state index in [1.807, 2.05) is 6.08 Å². The molecule has 0 N–H and O–H groups in total. The third kappa shape index (κ3) is 10.6. The van der Waals surface area contributed by atoms with E-state index in [1.54, 1.807) is 6.08 Å². The normalized spacial score (nSPS) is 28.2. The van der Waals surface area contributed by atoms with Gasteiger partial charge >= 0.3 is 0 Å². The van der Waals surface area contributed by atoms with Crippen molar-refractivity contribution in [2.24, 2.45) is 23.7 Å². The minimum atomic E-state index is -0.713. The van der Waals surface area contributed by atoms with Gasteiger partial charge in [-0.3, -0.25) is 0 Å². The Kier molecular flexibility index (Phi) is 12.8. The number of hydrogen-bond acceptors (Lipinski definition) is 1. The first-order chi connectivity index (χ1) is 14.7. The molecular formula is C28H44FN. The molecule has 0 aromatic heterocycles. The molecule has 0 aromatic rings. The molecule has 168 valence electrons. The lowest BCUT2D eigenvalue weighted by Crippen LogP contribution is -2.15. The van der Waals surface area contributed by atoms with E-state index < -0.39 is 5.83 Å². The Hall–Kier alpha value is -1.36. The fourth-order valence-electron chi connectivity index (χ4n) is 5.31. The first-order valence-corrected chi connectivity index (χ1v) is 12.8. The Labute approximate surface area is 185 Å². The van der Waals surface area contributed by atoms with Crippen LogP contribution in [0.4, 0.5) is 4.39 Å². The van der Waals surface area contributed by atoms with E-state index in [-0.39, 0.29) is 0 Å². The first-order valence-electron chi connectivity index (χ1n) is 12.8. The van der Waals surface area contributed by atoms with Gasteiger partial charge in [0.2, 0.25) is 0 Å². The molecule has 0 bridgehead atoms. The van der Waals surface area contributed by atoms with Crippen LogP contribution < -0.4 is 0 Å². The van der Waals surface area contributed by atoms with E-state index in [2.05, 4.69) is 19.1 Å². The van der Waals surface area contributed by atoms with E-state index in [4.69, 9.17) is 5.26 Å². The van der Waals surface area contributed by atoms with Crippen molar-refractivity contribution in [2.45, 2.75) is 110 Å². The van der Waals surface area contributed by atoms with Crippen LogP contribution >= 0.6 is 0 Å². The second-order valence-corrected chi connectivity index (χ2v) is 9.78. The van der Waals surface area contributed by atoms with Crippen molar-refractivity contribution in [1.29, 1.82) is 5.26 Å². The Morgan fingerprint density at radius 3 is 1.97 bits per heavy atom. The molecule has 0 spiro atoms. The van der Waals surface area contributed by atoms with Crippen molar-refractivity contribution in [2.75, 3.05) is 0 Å². The summed E-state index contributed by atoms with van der Waals surface area (Å²) >= 11 is 0. The molecule has 0 atom stereocenters. The van der Waals surface area contributed by atoms with Gasteiger partial charge in [-0.1, -0.05) is 69.8 Å². The van der Waals surface area contributed by atoms with Crippen LogP contribution in [0.3, 0.4) is 0 Å². The van der Waals surface area contributed by atoms with Gasteiger partial charge in [-0.2, -0.15) is 9.65 Å². The smallest absolute Gasteiger partial charge is 0.195 e. The van der Waals surface area contributed by atoms with E-state index in [9.17, 15) is 4.39 Å². The van der Waals surface area contributed by atoms with Gasteiger partial charge in [0.15, 0.2) is 5.83 Å². The van der Waals surface area contributed by atoms with E-state index in [1.165, 1.54) is 108 Å². The highest BCUT2D eigenvalue weighted by Gasteiger charge is 2.21. The first kappa shape index (κ1) is 24.9. The van der Waals surface area contributed by atoms with Crippen molar-refractivity contribution in [1.82, 2.24) is 0 Å². The summed E-state index contributed by atoms with van der Waals surface area (Å²) in [6, 6.07) is 1.50. The molecule has 2 fully saturated rings. The van der Waals surface area contributed by atoms with Gasteiger partial charge in [0, 0.05) is 0 Å². The quantitative estimate of drug-likeness (QED) is 0.135. The van der Waals surface area contributed by atoms with E-state index in [0.717, 1.165) is 30.1 Å². The summed E-state index contributed by atoms with van der Waals surface area (Å²) in [6.45, 7) is 2.29. The number of nitrogens with zero attached hydrogens (tertiary/aromatic N) is 1. The SMILES string of the molecule is CCCCCCC[C@H]1CC[C@H](C=C[C@H]2CC[C@H](CCC=CC=C(F)C#N)CC2)CC1. The minimum Gasteiger partial charge on any atom is -0.195 e. The Bertz CT molecular complexity index is 566. The zero-order valence-corrected chi connectivity index (χ0v) is 19.3. The molecule has 0 unspecified atom stereocenters. The van der Waals surface area contributed by atoms with Gasteiger partial charge in [-0.25, -0.2) is 0 Å². The maximum atomic E-state index is 12.7. The summed E-state index contributed by atoms with van der Waals surface area (Å²) in [6.07, 6.45) is 31.9. The van der Waals surface area contributed by atoms with Crippen LogP contribution in [-0.2, 0) is 0 Å². The summed E-state index contributed by atoms with van der Waals surface area (Å²) in [5.41, 5.74) is 0. The van der Waals surface area contributed by atoms with Crippen LogP contribution in [0.2, 0.25) is 0 Å². The fraction of sp³-hybridized carbons (Fsp3) is 0.750. The molecule has 0 aromatic carbocycles. The van der Waals surface area contributed by atoms with Crippen LogP contribution in [0.1, 0.15) is 110 Å². The van der Waals surface area contributed by atoms with Crippen LogP contribution in [0.25, 0.3) is 0 Å². The second-order valence-electron chi connectivity index (χ2n) is 9.78. The van der Waals surface area contributed by atoms with Gasteiger partial charge < -0.3 is 0 Å². The van der Waals surface area contributed by atoms with Crippen LogP contribution in [0, 0.1) is 35.0 Å². The lowest BCUT2D eigenvalue weighted by Gasteiger charge is -2.29. The number of allylic oxidation sites excluding steroid dienone is 6. The van der Waals surface area contributed by atoms with E-state index >= 15 is 0 Å². The zero-order chi connectivity index (χ0) is 21.4. The molecule has 2 aliphatic rings. The number of halogens is 1. The number of unbranched alkanes of at least 4 members (excludes halogenated alkanes) is 4. The highest BCUT2D eigenvalue weighted by atomic mass is 19.1. The molecule has 0 amide bonds. The highest BCUT2D eigenvalue weighted by Crippen LogP contribution is 2.35. The van der Waals surface area contributed by atoms with Crippen LogP contribution in [-0.4, -0.2) is 0 Å². The van der Waals surface area contributed by atoms with Gasteiger partial charge in [0.1, 0.15) is 6.07 Å². The number of rotatable bonds is 12. The van der Waals surface area contributed by atoms with Gasteiger partial charge in [0.25, 0.3) is 0 Å². The van der Waals surface area contributed by atoms with Crippen molar-refractivity contribution in [3.05, 3.63) is 36.2 Å². The number of nitriles is 1. The van der Waals surface area contributed by atoms with Crippen LogP contribution in [0.15, 0.2) is 36.2 Å². The molecule has 0 radical (unpaired) electrons. The Balaban J connectivity index is 1.54. The molecule has 2 rings (SSSR count). The Morgan fingerprint density at radius 1 is 0.833 bits per heavy atom. The average molecular weight is 414 g/mol. The summed E-state index contributed by atoms with van der Waals surface area (Å²) in [5, 5.41) is 8.38. The van der Waals surface area contributed by atoms with Crippen molar-refractivity contribution >= 4 is 0 Å². The van der Waals surface area contributed by atoms with Crippen LogP contribution in [0.5, 0.6) is 0 Å². The maximum Gasteiger partial charge on any atom is 0.199 e. The number of hydrogen-bond donors (Lipinski definition) is 0. The largest absolute Gasteiger partial charge is 0.199 e. The predicted octanol–water partition coefficient (Wildman–Crippen LogP) is 9.23. The lowest BCUT2D eigenvalue weighted by atomic mass is 9.77. The minimum absolute atomic E-state index is 0.713. The molecule has 0 saturated heterocycles. The third-order valence-electron chi connectivity index (χ3n) is 7.38. The third-order valence-corrected chi connectivity index (χ3v) is 7.38. The summed E-state index contributed by atoms with van der Waals surface area (Å²) in [4.78, 5) is 0. The molecule has 0 heterocycles. The average Bonchev–Trinajstić information content (AvgIpc) is 2.78. The van der Waals surface area contributed by atoms with Crippen molar-refractivity contribution < 1.29 is 4.39 Å². The molecule has 30 heavy (non-hydrogen) atoms. The highest BCUT2D eigenvalue weighted by molar-refractivity contribution is 5.18. The lowest BCUT2D eigenvalue weighted by molar-refractivity contribution is 0.282. The molecule has 2 aliphatic carbocycles. The monoisotopic (exact) mass is 413 g/mol. The second kappa shape index (κ2) is 15.4. The molecule has 2 heteroatoms. The predicted molar refractivity (Wildman–Crippen MR) is 127 cm³/mol. The fourth-order valence-corrected chi connectivity index (χ4v) is 5.31. The molecular weight excluding hydrogens is 369 g/mol.